The number of para-hydroxylation sites is 1. The summed E-state index contributed by atoms with van der Waals surface area (Å²) in [7, 11) is 1.32. The minimum atomic E-state index is -0.479. The van der Waals surface area contributed by atoms with Crippen LogP contribution in [0.2, 0.25) is 0 Å². The van der Waals surface area contributed by atoms with Crippen molar-refractivity contribution in [1.82, 2.24) is 0 Å². The van der Waals surface area contributed by atoms with Crippen molar-refractivity contribution in [3.63, 3.8) is 0 Å². The van der Waals surface area contributed by atoms with Gasteiger partial charge in [-0.25, -0.2) is 4.79 Å². The molecule has 0 saturated carbocycles. The van der Waals surface area contributed by atoms with Crippen LogP contribution in [0.1, 0.15) is 0 Å². The van der Waals surface area contributed by atoms with E-state index in [2.05, 4.69) is 10.7 Å². The van der Waals surface area contributed by atoms with E-state index < -0.39 is 6.09 Å². The molecule has 1 aromatic rings. The van der Waals surface area contributed by atoms with Crippen molar-refractivity contribution >= 4 is 11.8 Å². The molecule has 0 saturated heterocycles. The lowest BCUT2D eigenvalue weighted by Crippen LogP contribution is -2.24. The monoisotopic (exact) mass is 201 g/mol. The molecule has 1 amide bonds. The number of anilines is 1. The zero-order valence-electron chi connectivity index (χ0n) is 8.38. The number of amides is 1. The number of terminal acetylenes is 1. The van der Waals surface area contributed by atoms with Gasteiger partial charge in [-0.2, -0.15) is 0 Å². The van der Waals surface area contributed by atoms with E-state index in [4.69, 9.17) is 6.42 Å². The molecule has 1 rings (SSSR count). The number of benzene rings is 1. The molecule has 76 valence electrons. The SMILES string of the molecule is C#C/C=C/N(C(=O)OC)c1ccccc1. The zero-order valence-corrected chi connectivity index (χ0v) is 8.38. The molecule has 3 nitrogen and oxygen atoms in total. The van der Waals surface area contributed by atoms with Gasteiger partial charge in [-0.15, -0.1) is 6.42 Å². The number of ether oxygens (including phenoxy) is 1. The van der Waals surface area contributed by atoms with E-state index in [1.54, 1.807) is 12.1 Å². The number of allylic oxidation sites excluding steroid dienone is 1. The van der Waals surface area contributed by atoms with Gasteiger partial charge in [0.15, 0.2) is 0 Å². The van der Waals surface area contributed by atoms with Crippen LogP contribution in [0, 0.1) is 12.3 Å². The molecule has 0 heterocycles. The third kappa shape index (κ3) is 2.89. The second-order valence-corrected chi connectivity index (χ2v) is 2.66. The fraction of sp³-hybridized carbons (Fsp3) is 0.0833. The summed E-state index contributed by atoms with van der Waals surface area (Å²) in [5, 5.41) is 0. The summed E-state index contributed by atoms with van der Waals surface area (Å²) in [5.41, 5.74) is 0.704. The molecule has 1 aromatic carbocycles. The first-order valence-electron chi connectivity index (χ1n) is 4.34. The van der Waals surface area contributed by atoms with E-state index >= 15 is 0 Å². The van der Waals surface area contributed by atoms with Crippen LogP contribution in [0.3, 0.4) is 0 Å². The highest BCUT2D eigenvalue weighted by molar-refractivity contribution is 5.89. The second-order valence-electron chi connectivity index (χ2n) is 2.66. The highest BCUT2D eigenvalue weighted by atomic mass is 16.5. The molecule has 0 aliphatic heterocycles. The van der Waals surface area contributed by atoms with E-state index in [9.17, 15) is 4.79 Å². The molecule has 0 aromatic heterocycles. The van der Waals surface area contributed by atoms with Crippen LogP contribution in [0.4, 0.5) is 10.5 Å². The summed E-state index contributed by atoms with van der Waals surface area (Å²) < 4.78 is 4.63. The lowest BCUT2D eigenvalue weighted by molar-refractivity contribution is 0.181. The molecule has 0 unspecified atom stereocenters. The number of methoxy groups -OCH3 is 1. The van der Waals surface area contributed by atoms with Crippen LogP contribution >= 0.6 is 0 Å². The Balaban J connectivity index is 2.97. The first-order chi connectivity index (χ1) is 7.29. The summed E-state index contributed by atoms with van der Waals surface area (Å²) in [4.78, 5) is 12.7. The smallest absolute Gasteiger partial charge is 0.418 e. The van der Waals surface area contributed by atoms with E-state index in [0.29, 0.717) is 5.69 Å². The van der Waals surface area contributed by atoms with Crippen LogP contribution in [0.5, 0.6) is 0 Å². The summed E-state index contributed by atoms with van der Waals surface area (Å²) in [6, 6.07) is 9.10. The third-order valence-electron chi connectivity index (χ3n) is 1.73. The van der Waals surface area contributed by atoms with Crippen molar-refractivity contribution in [3.05, 3.63) is 42.6 Å². The number of nitrogens with zero attached hydrogens (tertiary/aromatic N) is 1. The van der Waals surface area contributed by atoms with Gasteiger partial charge in [-0.3, -0.25) is 4.90 Å². The van der Waals surface area contributed by atoms with Gasteiger partial charge in [0.1, 0.15) is 0 Å². The Morgan fingerprint density at radius 2 is 2.13 bits per heavy atom. The summed E-state index contributed by atoms with van der Waals surface area (Å²) in [6.45, 7) is 0. The molecule has 3 heteroatoms. The highest BCUT2D eigenvalue weighted by Crippen LogP contribution is 2.14. The Morgan fingerprint density at radius 3 is 2.67 bits per heavy atom. The normalized spacial score (nSPS) is 9.60. The first kappa shape index (κ1) is 10.9. The van der Waals surface area contributed by atoms with E-state index in [1.165, 1.54) is 24.3 Å². The van der Waals surface area contributed by atoms with Gasteiger partial charge in [0.05, 0.1) is 12.8 Å². The van der Waals surface area contributed by atoms with Crippen molar-refractivity contribution in [2.45, 2.75) is 0 Å². The van der Waals surface area contributed by atoms with Crippen molar-refractivity contribution in [1.29, 1.82) is 0 Å². The Morgan fingerprint density at radius 1 is 1.47 bits per heavy atom. The molecule has 0 aliphatic rings. The number of carbonyl (C=O) groups excluding carboxylic acids is 1. The Bertz CT molecular complexity index is 390. The maximum atomic E-state index is 11.4. The third-order valence-corrected chi connectivity index (χ3v) is 1.73. The van der Waals surface area contributed by atoms with Crippen LogP contribution in [-0.2, 0) is 4.74 Å². The fourth-order valence-electron chi connectivity index (χ4n) is 1.06. The van der Waals surface area contributed by atoms with Crippen LogP contribution < -0.4 is 4.90 Å². The minimum absolute atomic E-state index is 0.479. The first-order valence-corrected chi connectivity index (χ1v) is 4.34. The minimum Gasteiger partial charge on any atom is -0.452 e. The maximum Gasteiger partial charge on any atom is 0.418 e. The molecule has 0 bridgehead atoms. The standard InChI is InChI=1S/C12H11NO2/c1-3-4-10-13(12(14)15-2)11-8-6-5-7-9-11/h1,4-10H,2H3/b10-4+. The fourth-order valence-corrected chi connectivity index (χ4v) is 1.06. The van der Waals surface area contributed by atoms with Crippen LogP contribution in [0.25, 0.3) is 0 Å². The van der Waals surface area contributed by atoms with Gasteiger partial charge >= 0.3 is 6.09 Å². The van der Waals surface area contributed by atoms with Gasteiger partial charge in [-0.05, 0) is 12.1 Å². The van der Waals surface area contributed by atoms with Crippen molar-refractivity contribution in [2.75, 3.05) is 12.0 Å². The van der Waals surface area contributed by atoms with Gasteiger partial charge in [-0.1, -0.05) is 24.1 Å². The lowest BCUT2D eigenvalue weighted by Gasteiger charge is -2.15. The van der Waals surface area contributed by atoms with Crippen LogP contribution in [0.15, 0.2) is 42.6 Å². The topological polar surface area (TPSA) is 29.5 Å². The molecule has 0 radical (unpaired) electrons. The Labute approximate surface area is 89.0 Å². The van der Waals surface area contributed by atoms with Crippen molar-refractivity contribution in [3.8, 4) is 12.3 Å². The average Bonchev–Trinajstić information content (AvgIpc) is 2.30. The van der Waals surface area contributed by atoms with Gasteiger partial charge < -0.3 is 4.74 Å². The van der Waals surface area contributed by atoms with Crippen molar-refractivity contribution in [2.24, 2.45) is 0 Å². The summed E-state index contributed by atoms with van der Waals surface area (Å²) >= 11 is 0. The molecule has 0 atom stereocenters. The van der Waals surface area contributed by atoms with Gasteiger partial charge in [0, 0.05) is 12.3 Å². The van der Waals surface area contributed by atoms with E-state index in [0.717, 1.165) is 0 Å². The molecule has 15 heavy (non-hydrogen) atoms. The molecule has 0 aliphatic carbocycles. The number of hydrogen-bond donors (Lipinski definition) is 0. The highest BCUT2D eigenvalue weighted by Gasteiger charge is 2.11. The Kier molecular flexibility index (Phi) is 3.99. The number of rotatable bonds is 2. The van der Waals surface area contributed by atoms with Crippen molar-refractivity contribution < 1.29 is 9.53 Å². The quantitative estimate of drug-likeness (QED) is 0.687. The van der Waals surface area contributed by atoms with E-state index in [1.807, 2.05) is 18.2 Å². The largest absolute Gasteiger partial charge is 0.452 e. The number of hydrogen-bond acceptors (Lipinski definition) is 2. The summed E-state index contributed by atoms with van der Waals surface area (Å²) in [5.74, 6) is 2.32. The van der Waals surface area contributed by atoms with Gasteiger partial charge in [0.25, 0.3) is 0 Å². The molecule has 0 N–H and O–H groups in total. The predicted molar refractivity (Wildman–Crippen MR) is 59.3 cm³/mol. The van der Waals surface area contributed by atoms with Crippen LogP contribution in [-0.4, -0.2) is 13.2 Å². The Hall–Kier alpha value is -2.21. The molecular weight excluding hydrogens is 190 g/mol. The molecular formula is C12H11NO2. The number of carbonyl (C=O) groups is 1. The maximum absolute atomic E-state index is 11.4. The average molecular weight is 201 g/mol. The zero-order chi connectivity index (χ0) is 11.1. The lowest BCUT2D eigenvalue weighted by atomic mass is 10.3. The molecule has 0 fully saturated rings. The predicted octanol–water partition coefficient (Wildman–Crippen LogP) is 2.41. The van der Waals surface area contributed by atoms with E-state index in [-0.39, 0.29) is 0 Å². The summed E-state index contributed by atoms with van der Waals surface area (Å²) in [6.07, 6.45) is 7.52. The second kappa shape index (κ2) is 5.51. The molecule has 0 spiro atoms. The van der Waals surface area contributed by atoms with Gasteiger partial charge in [0.2, 0.25) is 0 Å².